The number of aromatic nitrogens is 2. The van der Waals surface area contributed by atoms with Crippen LogP contribution in [0.25, 0.3) is 0 Å². The Labute approximate surface area is 124 Å². The van der Waals surface area contributed by atoms with Gasteiger partial charge in [-0.15, -0.1) is 0 Å². The summed E-state index contributed by atoms with van der Waals surface area (Å²) in [6, 6.07) is 7.66. The highest BCUT2D eigenvalue weighted by Crippen LogP contribution is 2.13. The first-order chi connectivity index (χ1) is 10.2. The van der Waals surface area contributed by atoms with Crippen molar-refractivity contribution in [2.45, 2.75) is 32.9 Å². The number of imidazole rings is 1. The first-order valence-corrected chi connectivity index (χ1v) is 7.20. The van der Waals surface area contributed by atoms with Crippen molar-refractivity contribution in [2.75, 3.05) is 6.54 Å². The molecule has 5 heteroatoms. The lowest BCUT2D eigenvalue weighted by Gasteiger charge is -2.11. The van der Waals surface area contributed by atoms with Gasteiger partial charge in [0.05, 0.1) is 13.0 Å². The van der Waals surface area contributed by atoms with Crippen LogP contribution >= 0.6 is 0 Å². The summed E-state index contributed by atoms with van der Waals surface area (Å²) in [6.45, 7) is 4.46. The number of carboxylic acid groups (broad SMARTS) is 1. The predicted molar refractivity (Wildman–Crippen MR) is 81.1 cm³/mol. The highest BCUT2D eigenvalue weighted by atomic mass is 16.4. The number of carbonyl (C=O) groups is 1. The topological polar surface area (TPSA) is 67.2 Å². The van der Waals surface area contributed by atoms with Crippen LogP contribution in [0.2, 0.25) is 0 Å². The van der Waals surface area contributed by atoms with Gasteiger partial charge in [0.2, 0.25) is 0 Å². The quantitative estimate of drug-likeness (QED) is 0.729. The number of carboxylic acids is 1. The summed E-state index contributed by atoms with van der Waals surface area (Å²) in [4.78, 5) is 15.3. The SMILES string of the molecule is CCCNCc1nccn1Cc1ccccc1CC(=O)O. The predicted octanol–water partition coefficient (Wildman–Crippen LogP) is 2.06. The number of nitrogens with zero attached hydrogens (tertiary/aromatic N) is 2. The largest absolute Gasteiger partial charge is 0.481 e. The molecule has 0 radical (unpaired) electrons. The normalized spacial score (nSPS) is 10.7. The molecule has 2 aromatic rings. The molecule has 1 heterocycles. The monoisotopic (exact) mass is 287 g/mol. The molecule has 0 aliphatic heterocycles. The first-order valence-electron chi connectivity index (χ1n) is 7.20. The fraction of sp³-hybridized carbons (Fsp3) is 0.375. The molecule has 0 aliphatic carbocycles. The number of hydrogen-bond acceptors (Lipinski definition) is 3. The molecule has 0 unspecified atom stereocenters. The van der Waals surface area contributed by atoms with Crippen molar-refractivity contribution in [3.8, 4) is 0 Å². The standard InChI is InChI=1S/C16H21N3O2/c1-2-7-17-11-15-18-8-9-19(15)12-14-6-4-3-5-13(14)10-16(20)21/h3-6,8-9,17H,2,7,10-12H2,1H3,(H,20,21). The van der Waals surface area contributed by atoms with Crippen LogP contribution in [0.4, 0.5) is 0 Å². The van der Waals surface area contributed by atoms with Gasteiger partial charge in [-0.05, 0) is 24.1 Å². The molecule has 2 rings (SSSR count). The van der Waals surface area contributed by atoms with Gasteiger partial charge in [0.1, 0.15) is 5.82 Å². The molecule has 1 aromatic carbocycles. The Morgan fingerprint density at radius 2 is 2.10 bits per heavy atom. The molecule has 2 N–H and O–H groups in total. The summed E-state index contributed by atoms with van der Waals surface area (Å²) in [7, 11) is 0. The number of aliphatic carboxylic acids is 1. The van der Waals surface area contributed by atoms with E-state index in [1.54, 1.807) is 6.20 Å². The molecule has 0 aliphatic rings. The van der Waals surface area contributed by atoms with E-state index in [2.05, 4.69) is 21.8 Å². The summed E-state index contributed by atoms with van der Waals surface area (Å²) in [5, 5.41) is 12.3. The van der Waals surface area contributed by atoms with Crippen LogP contribution in [-0.4, -0.2) is 27.2 Å². The lowest BCUT2D eigenvalue weighted by atomic mass is 10.0. The Morgan fingerprint density at radius 3 is 2.81 bits per heavy atom. The first kappa shape index (κ1) is 15.3. The second kappa shape index (κ2) is 7.59. The Kier molecular flexibility index (Phi) is 5.51. The summed E-state index contributed by atoms with van der Waals surface area (Å²) >= 11 is 0. The van der Waals surface area contributed by atoms with E-state index < -0.39 is 5.97 Å². The van der Waals surface area contributed by atoms with E-state index >= 15 is 0 Å². The summed E-state index contributed by atoms with van der Waals surface area (Å²) in [5.41, 5.74) is 1.88. The highest BCUT2D eigenvalue weighted by molar-refractivity contribution is 5.70. The molecule has 0 saturated carbocycles. The molecular weight excluding hydrogens is 266 g/mol. The zero-order valence-corrected chi connectivity index (χ0v) is 12.2. The zero-order valence-electron chi connectivity index (χ0n) is 12.2. The Hall–Kier alpha value is -2.14. The second-order valence-corrected chi connectivity index (χ2v) is 4.99. The minimum atomic E-state index is -0.807. The van der Waals surface area contributed by atoms with Crippen LogP contribution in [0.3, 0.4) is 0 Å². The van der Waals surface area contributed by atoms with E-state index in [4.69, 9.17) is 5.11 Å². The number of hydrogen-bond donors (Lipinski definition) is 2. The Morgan fingerprint density at radius 1 is 1.33 bits per heavy atom. The van der Waals surface area contributed by atoms with Crippen molar-refractivity contribution in [1.82, 2.24) is 14.9 Å². The molecule has 0 amide bonds. The van der Waals surface area contributed by atoms with Gasteiger partial charge in [-0.1, -0.05) is 31.2 Å². The van der Waals surface area contributed by atoms with Crippen molar-refractivity contribution < 1.29 is 9.90 Å². The van der Waals surface area contributed by atoms with E-state index in [1.807, 2.05) is 30.5 Å². The van der Waals surface area contributed by atoms with E-state index in [0.29, 0.717) is 6.54 Å². The van der Waals surface area contributed by atoms with Gasteiger partial charge in [-0.25, -0.2) is 4.98 Å². The van der Waals surface area contributed by atoms with Gasteiger partial charge in [0, 0.05) is 18.9 Å². The number of rotatable bonds is 8. The van der Waals surface area contributed by atoms with Crippen LogP contribution in [0.15, 0.2) is 36.7 Å². The van der Waals surface area contributed by atoms with Gasteiger partial charge in [-0.2, -0.15) is 0 Å². The van der Waals surface area contributed by atoms with Crippen LogP contribution in [-0.2, 0) is 24.3 Å². The molecule has 0 spiro atoms. The molecule has 21 heavy (non-hydrogen) atoms. The third kappa shape index (κ3) is 4.43. The van der Waals surface area contributed by atoms with Gasteiger partial charge >= 0.3 is 5.97 Å². The molecule has 0 atom stereocenters. The van der Waals surface area contributed by atoms with Gasteiger partial charge in [0.25, 0.3) is 0 Å². The smallest absolute Gasteiger partial charge is 0.307 e. The Bertz CT molecular complexity index is 593. The third-order valence-electron chi connectivity index (χ3n) is 3.31. The molecule has 0 saturated heterocycles. The van der Waals surface area contributed by atoms with Crippen molar-refractivity contribution in [3.63, 3.8) is 0 Å². The summed E-state index contributed by atoms with van der Waals surface area (Å²) < 4.78 is 2.06. The van der Waals surface area contributed by atoms with Gasteiger partial charge < -0.3 is 15.0 Å². The maximum absolute atomic E-state index is 10.9. The van der Waals surface area contributed by atoms with Crippen LogP contribution in [0.5, 0.6) is 0 Å². The Balaban J connectivity index is 2.11. The zero-order chi connectivity index (χ0) is 15.1. The van der Waals surface area contributed by atoms with Crippen molar-refractivity contribution in [3.05, 3.63) is 53.6 Å². The molecule has 0 bridgehead atoms. The third-order valence-corrected chi connectivity index (χ3v) is 3.31. The van der Waals surface area contributed by atoms with E-state index in [1.165, 1.54) is 0 Å². The lowest BCUT2D eigenvalue weighted by Crippen LogP contribution is -2.18. The van der Waals surface area contributed by atoms with Crippen LogP contribution in [0.1, 0.15) is 30.3 Å². The average molecular weight is 287 g/mol. The maximum Gasteiger partial charge on any atom is 0.307 e. The van der Waals surface area contributed by atoms with Gasteiger partial charge in [0.15, 0.2) is 0 Å². The lowest BCUT2D eigenvalue weighted by molar-refractivity contribution is -0.136. The van der Waals surface area contributed by atoms with E-state index in [9.17, 15) is 4.79 Å². The summed E-state index contributed by atoms with van der Waals surface area (Å²) in [5.74, 6) is 0.159. The number of benzene rings is 1. The summed E-state index contributed by atoms with van der Waals surface area (Å²) in [6.07, 6.45) is 4.85. The van der Waals surface area contributed by atoms with Crippen LogP contribution < -0.4 is 5.32 Å². The second-order valence-electron chi connectivity index (χ2n) is 4.99. The molecule has 112 valence electrons. The van der Waals surface area contributed by atoms with E-state index in [0.717, 1.165) is 36.5 Å². The fourth-order valence-electron chi connectivity index (χ4n) is 2.26. The van der Waals surface area contributed by atoms with Crippen molar-refractivity contribution in [2.24, 2.45) is 0 Å². The van der Waals surface area contributed by atoms with E-state index in [-0.39, 0.29) is 6.42 Å². The number of nitrogens with one attached hydrogen (secondary N) is 1. The van der Waals surface area contributed by atoms with Crippen molar-refractivity contribution >= 4 is 5.97 Å². The highest BCUT2D eigenvalue weighted by Gasteiger charge is 2.09. The molecule has 1 aromatic heterocycles. The fourth-order valence-corrected chi connectivity index (χ4v) is 2.26. The average Bonchev–Trinajstić information content (AvgIpc) is 2.88. The molecule has 0 fully saturated rings. The maximum atomic E-state index is 10.9. The van der Waals surface area contributed by atoms with Gasteiger partial charge in [-0.3, -0.25) is 4.79 Å². The van der Waals surface area contributed by atoms with Crippen molar-refractivity contribution in [1.29, 1.82) is 0 Å². The molecule has 5 nitrogen and oxygen atoms in total. The van der Waals surface area contributed by atoms with Crippen LogP contribution in [0, 0.1) is 0 Å². The molecular formula is C16H21N3O2. The minimum Gasteiger partial charge on any atom is -0.481 e. The minimum absolute atomic E-state index is 0.0499.